The standard InChI is InChI=1S/C26H31NO3S/c1-30-19-7-9-25-21(15-19)26(20-4-2-3-5-24(20)31-25)18-10-12-27(13-11-18)16-17-6-8-22(28)23(29)14-17/h2-5,7,9,15,17,22-23,28-29H,6,8,10-14,16H2,1H3/t17-,22+,23+/m1/s1. The van der Waals surface area contributed by atoms with Crippen molar-refractivity contribution < 1.29 is 14.9 Å². The van der Waals surface area contributed by atoms with E-state index in [0.29, 0.717) is 5.92 Å². The lowest BCUT2D eigenvalue weighted by atomic mass is 9.84. The van der Waals surface area contributed by atoms with E-state index in [1.54, 1.807) is 7.11 Å². The number of nitrogens with zero attached hydrogens (tertiary/aromatic N) is 1. The second-order valence-corrected chi connectivity index (χ2v) is 10.1. The zero-order valence-corrected chi connectivity index (χ0v) is 18.9. The summed E-state index contributed by atoms with van der Waals surface area (Å²) in [5.74, 6) is 1.40. The smallest absolute Gasteiger partial charge is 0.119 e. The van der Waals surface area contributed by atoms with Gasteiger partial charge in [0.05, 0.1) is 19.3 Å². The summed E-state index contributed by atoms with van der Waals surface area (Å²) in [7, 11) is 1.73. The van der Waals surface area contributed by atoms with Gasteiger partial charge in [0.1, 0.15) is 5.75 Å². The van der Waals surface area contributed by atoms with Crippen LogP contribution in [0.25, 0.3) is 5.57 Å². The molecule has 0 amide bonds. The number of methoxy groups -OCH3 is 1. The van der Waals surface area contributed by atoms with E-state index < -0.39 is 12.2 Å². The minimum atomic E-state index is -0.552. The molecular formula is C26H31NO3S. The summed E-state index contributed by atoms with van der Waals surface area (Å²) in [6, 6.07) is 15.2. The Hall–Kier alpha value is -1.79. The molecule has 2 aliphatic heterocycles. The zero-order chi connectivity index (χ0) is 21.4. The summed E-state index contributed by atoms with van der Waals surface area (Å²) in [5, 5.41) is 19.8. The number of piperidine rings is 1. The number of aliphatic hydroxyl groups is 2. The first-order valence-corrected chi connectivity index (χ1v) is 12.2. The third-order valence-electron chi connectivity index (χ3n) is 7.05. The van der Waals surface area contributed by atoms with Gasteiger partial charge in [-0.3, -0.25) is 0 Å². The summed E-state index contributed by atoms with van der Waals surface area (Å²) in [4.78, 5) is 5.19. The first-order chi connectivity index (χ1) is 15.1. The van der Waals surface area contributed by atoms with Gasteiger partial charge in [-0.2, -0.15) is 0 Å². The van der Waals surface area contributed by atoms with Gasteiger partial charge in [-0.05, 0) is 79.0 Å². The fourth-order valence-corrected chi connectivity index (χ4v) is 6.40. The molecule has 5 rings (SSSR count). The maximum Gasteiger partial charge on any atom is 0.119 e. The average Bonchev–Trinajstić information content (AvgIpc) is 2.80. The van der Waals surface area contributed by atoms with Gasteiger partial charge in [-0.15, -0.1) is 0 Å². The molecule has 164 valence electrons. The van der Waals surface area contributed by atoms with Crippen LogP contribution in [0.1, 0.15) is 43.2 Å². The number of fused-ring (bicyclic) bond motifs is 2. The molecule has 31 heavy (non-hydrogen) atoms. The molecule has 1 saturated heterocycles. The van der Waals surface area contributed by atoms with Crippen molar-refractivity contribution in [1.29, 1.82) is 0 Å². The van der Waals surface area contributed by atoms with Crippen LogP contribution in [-0.2, 0) is 0 Å². The molecule has 2 heterocycles. The molecule has 0 unspecified atom stereocenters. The summed E-state index contributed by atoms with van der Waals surface area (Å²) in [6.45, 7) is 3.15. The number of aliphatic hydroxyl groups excluding tert-OH is 2. The third-order valence-corrected chi connectivity index (χ3v) is 8.20. The van der Waals surface area contributed by atoms with E-state index in [2.05, 4.69) is 47.4 Å². The maximum atomic E-state index is 10.0. The predicted molar refractivity (Wildman–Crippen MR) is 125 cm³/mol. The van der Waals surface area contributed by atoms with E-state index in [9.17, 15) is 10.2 Å². The largest absolute Gasteiger partial charge is 0.497 e. The molecule has 3 atom stereocenters. The number of rotatable bonds is 3. The fourth-order valence-electron chi connectivity index (χ4n) is 5.33. The molecule has 3 aliphatic rings. The lowest BCUT2D eigenvalue weighted by molar-refractivity contribution is -0.0304. The second-order valence-electron chi connectivity index (χ2n) is 9.05. The van der Waals surface area contributed by atoms with E-state index in [1.165, 1.54) is 32.1 Å². The van der Waals surface area contributed by atoms with Gasteiger partial charge in [0.15, 0.2) is 0 Å². The highest BCUT2D eigenvalue weighted by molar-refractivity contribution is 7.99. The van der Waals surface area contributed by atoms with E-state index in [0.717, 1.165) is 57.5 Å². The first-order valence-electron chi connectivity index (χ1n) is 11.4. The molecular weight excluding hydrogens is 406 g/mol. The lowest BCUT2D eigenvalue weighted by Crippen LogP contribution is -2.40. The van der Waals surface area contributed by atoms with Crippen molar-refractivity contribution in [3.05, 3.63) is 59.2 Å². The number of ether oxygens (including phenoxy) is 1. The Morgan fingerprint density at radius 1 is 0.968 bits per heavy atom. The molecule has 2 N–H and O–H groups in total. The fraction of sp³-hybridized carbons (Fsp3) is 0.462. The highest BCUT2D eigenvalue weighted by Crippen LogP contribution is 2.48. The lowest BCUT2D eigenvalue weighted by Gasteiger charge is -2.37. The van der Waals surface area contributed by atoms with Crippen LogP contribution in [0.4, 0.5) is 0 Å². The summed E-state index contributed by atoms with van der Waals surface area (Å²) < 4.78 is 5.54. The molecule has 0 bridgehead atoms. The number of hydrogen-bond donors (Lipinski definition) is 2. The van der Waals surface area contributed by atoms with Crippen LogP contribution < -0.4 is 4.74 Å². The van der Waals surface area contributed by atoms with Crippen LogP contribution in [0.3, 0.4) is 0 Å². The summed E-state index contributed by atoms with van der Waals surface area (Å²) >= 11 is 1.85. The van der Waals surface area contributed by atoms with Gasteiger partial charge >= 0.3 is 0 Å². The molecule has 0 spiro atoms. The minimum Gasteiger partial charge on any atom is -0.497 e. The highest BCUT2D eigenvalue weighted by Gasteiger charge is 2.30. The number of benzene rings is 2. The summed E-state index contributed by atoms with van der Waals surface area (Å²) in [5.41, 5.74) is 5.59. The Bertz CT molecular complexity index is 978. The normalized spacial score (nSPS) is 26.4. The minimum absolute atomic E-state index is 0.490. The van der Waals surface area contributed by atoms with Crippen LogP contribution in [0, 0.1) is 5.92 Å². The van der Waals surface area contributed by atoms with Crippen LogP contribution in [0.5, 0.6) is 5.75 Å². The van der Waals surface area contributed by atoms with E-state index >= 15 is 0 Å². The van der Waals surface area contributed by atoms with E-state index in [4.69, 9.17) is 4.74 Å². The van der Waals surface area contributed by atoms with Gasteiger partial charge in [0.25, 0.3) is 0 Å². The van der Waals surface area contributed by atoms with Crippen molar-refractivity contribution in [3.63, 3.8) is 0 Å². The molecule has 1 saturated carbocycles. The Kier molecular flexibility index (Phi) is 6.11. The Morgan fingerprint density at radius 3 is 2.52 bits per heavy atom. The van der Waals surface area contributed by atoms with Gasteiger partial charge in [0.2, 0.25) is 0 Å². The highest BCUT2D eigenvalue weighted by atomic mass is 32.2. The molecule has 4 nitrogen and oxygen atoms in total. The Labute approximate surface area is 188 Å². The van der Waals surface area contributed by atoms with Crippen molar-refractivity contribution in [2.75, 3.05) is 26.7 Å². The van der Waals surface area contributed by atoms with Crippen LogP contribution >= 0.6 is 11.8 Å². The van der Waals surface area contributed by atoms with Crippen molar-refractivity contribution >= 4 is 17.3 Å². The first kappa shape index (κ1) is 21.1. The molecule has 2 fully saturated rings. The molecule has 0 radical (unpaired) electrons. The average molecular weight is 438 g/mol. The quantitative estimate of drug-likeness (QED) is 0.628. The number of hydrogen-bond acceptors (Lipinski definition) is 5. The Balaban J connectivity index is 1.38. The zero-order valence-electron chi connectivity index (χ0n) is 18.1. The molecule has 1 aliphatic carbocycles. The van der Waals surface area contributed by atoms with Crippen molar-refractivity contribution in [1.82, 2.24) is 4.90 Å². The van der Waals surface area contributed by atoms with Gasteiger partial charge in [0, 0.05) is 29.4 Å². The van der Waals surface area contributed by atoms with Crippen molar-refractivity contribution in [2.24, 2.45) is 5.92 Å². The van der Waals surface area contributed by atoms with E-state index in [-0.39, 0.29) is 0 Å². The predicted octanol–water partition coefficient (Wildman–Crippen LogP) is 4.58. The topological polar surface area (TPSA) is 52.9 Å². The van der Waals surface area contributed by atoms with Gasteiger partial charge in [-0.25, -0.2) is 0 Å². The van der Waals surface area contributed by atoms with Crippen molar-refractivity contribution in [3.8, 4) is 5.75 Å². The molecule has 2 aromatic carbocycles. The second kappa shape index (κ2) is 8.99. The van der Waals surface area contributed by atoms with Crippen LogP contribution in [-0.4, -0.2) is 54.1 Å². The van der Waals surface area contributed by atoms with Gasteiger partial charge < -0.3 is 19.8 Å². The monoisotopic (exact) mass is 437 g/mol. The van der Waals surface area contributed by atoms with Crippen LogP contribution in [0.2, 0.25) is 0 Å². The van der Waals surface area contributed by atoms with E-state index in [1.807, 2.05) is 11.8 Å². The SMILES string of the molecule is COc1ccc2c(c1)C(=C1CCN(C[C@@H]3CC[C@H](O)[C@@H](O)C3)CC1)c1ccccc1S2. The maximum absolute atomic E-state index is 10.0. The third kappa shape index (κ3) is 4.29. The number of likely N-dealkylation sites (tertiary alicyclic amines) is 1. The van der Waals surface area contributed by atoms with Gasteiger partial charge in [-0.1, -0.05) is 35.5 Å². The van der Waals surface area contributed by atoms with Crippen molar-refractivity contribution in [2.45, 2.75) is 54.1 Å². The van der Waals surface area contributed by atoms with Crippen LogP contribution in [0.15, 0.2) is 57.8 Å². The molecule has 0 aromatic heterocycles. The molecule has 2 aromatic rings. The summed E-state index contributed by atoms with van der Waals surface area (Å²) in [6.07, 6.45) is 3.52. The Morgan fingerprint density at radius 2 is 1.74 bits per heavy atom. The molecule has 5 heteroatoms.